The van der Waals surface area contributed by atoms with Crippen LogP contribution in [-0.2, 0) is 6.42 Å². The SMILES string of the molecule is CC(C)(C)C(N)Cc1ncccc1[N+](=O)[O-]. The molecule has 1 heterocycles. The van der Waals surface area contributed by atoms with Gasteiger partial charge in [-0.15, -0.1) is 0 Å². The van der Waals surface area contributed by atoms with Crippen LogP contribution in [0.15, 0.2) is 18.3 Å². The number of hydrogen-bond donors (Lipinski definition) is 1. The molecule has 88 valence electrons. The van der Waals surface area contributed by atoms with Crippen molar-refractivity contribution in [2.45, 2.75) is 33.2 Å². The first-order valence-electron chi connectivity index (χ1n) is 5.16. The molecule has 0 aliphatic carbocycles. The van der Waals surface area contributed by atoms with Crippen LogP contribution >= 0.6 is 0 Å². The van der Waals surface area contributed by atoms with Gasteiger partial charge in [0.2, 0.25) is 0 Å². The highest BCUT2D eigenvalue weighted by atomic mass is 16.6. The first-order chi connectivity index (χ1) is 7.32. The van der Waals surface area contributed by atoms with E-state index in [4.69, 9.17) is 5.73 Å². The second-order valence-corrected chi connectivity index (χ2v) is 4.90. The fourth-order valence-corrected chi connectivity index (χ4v) is 1.27. The Kier molecular flexibility index (Phi) is 3.59. The molecule has 0 radical (unpaired) electrons. The van der Waals surface area contributed by atoms with E-state index in [1.54, 1.807) is 12.3 Å². The van der Waals surface area contributed by atoms with Crippen LogP contribution < -0.4 is 5.73 Å². The van der Waals surface area contributed by atoms with Crippen LogP contribution in [0.3, 0.4) is 0 Å². The molecular weight excluding hydrogens is 206 g/mol. The number of rotatable bonds is 3. The van der Waals surface area contributed by atoms with Crippen LogP contribution in [0.4, 0.5) is 5.69 Å². The van der Waals surface area contributed by atoms with Crippen molar-refractivity contribution in [1.82, 2.24) is 4.98 Å². The van der Waals surface area contributed by atoms with E-state index < -0.39 is 4.92 Å². The van der Waals surface area contributed by atoms with Crippen LogP contribution in [0, 0.1) is 15.5 Å². The molecular formula is C11H17N3O2. The lowest BCUT2D eigenvalue weighted by molar-refractivity contribution is -0.386. The lowest BCUT2D eigenvalue weighted by atomic mass is 9.84. The fourth-order valence-electron chi connectivity index (χ4n) is 1.27. The van der Waals surface area contributed by atoms with E-state index in [0.717, 1.165) is 0 Å². The molecule has 2 N–H and O–H groups in total. The lowest BCUT2D eigenvalue weighted by Crippen LogP contribution is -2.37. The molecule has 0 spiro atoms. The second kappa shape index (κ2) is 4.57. The monoisotopic (exact) mass is 223 g/mol. The Labute approximate surface area is 94.8 Å². The summed E-state index contributed by atoms with van der Waals surface area (Å²) in [7, 11) is 0. The quantitative estimate of drug-likeness (QED) is 0.626. The van der Waals surface area contributed by atoms with Gasteiger partial charge in [0.05, 0.1) is 4.92 Å². The number of nitro groups is 1. The third-order valence-electron chi connectivity index (χ3n) is 2.59. The molecule has 0 aliphatic heterocycles. The van der Waals surface area contributed by atoms with E-state index in [2.05, 4.69) is 4.98 Å². The van der Waals surface area contributed by atoms with Gasteiger partial charge >= 0.3 is 0 Å². The molecule has 5 heteroatoms. The number of hydrogen-bond acceptors (Lipinski definition) is 4. The molecule has 0 saturated heterocycles. The van der Waals surface area contributed by atoms with Crippen molar-refractivity contribution in [2.75, 3.05) is 0 Å². The van der Waals surface area contributed by atoms with Crippen molar-refractivity contribution in [2.24, 2.45) is 11.1 Å². The lowest BCUT2D eigenvalue weighted by Gasteiger charge is -2.26. The molecule has 0 bridgehead atoms. The summed E-state index contributed by atoms with van der Waals surface area (Å²) < 4.78 is 0. The highest BCUT2D eigenvalue weighted by Gasteiger charge is 2.24. The molecule has 1 aromatic rings. The van der Waals surface area contributed by atoms with Gasteiger partial charge in [0.25, 0.3) is 5.69 Å². The smallest absolute Gasteiger partial charge is 0.290 e. The van der Waals surface area contributed by atoms with Gasteiger partial charge in [-0.1, -0.05) is 20.8 Å². The molecule has 1 atom stereocenters. The number of aromatic nitrogens is 1. The van der Waals surface area contributed by atoms with Gasteiger partial charge in [-0.25, -0.2) is 0 Å². The average Bonchev–Trinajstić information content (AvgIpc) is 2.16. The summed E-state index contributed by atoms with van der Waals surface area (Å²) in [6, 6.07) is 2.86. The normalized spacial score (nSPS) is 13.5. The zero-order chi connectivity index (χ0) is 12.3. The van der Waals surface area contributed by atoms with Crippen molar-refractivity contribution in [3.05, 3.63) is 34.1 Å². The van der Waals surface area contributed by atoms with Gasteiger partial charge in [-0.3, -0.25) is 15.1 Å². The van der Waals surface area contributed by atoms with E-state index in [-0.39, 0.29) is 17.1 Å². The Balaban J connectivity index is 2.93. The Bertz CT molecular complexity index is 385. The molecule has 0 saturated carbocycles. The van der Waals surface area contributed by atoms with Gasteiger partial charge in [0.15, 0.2) is 0 Å². The molecule has 0 aliphatic rings. The minimum absolute atomic E-state index is 0.0437. The highest BCUT2D eigenvalue weighted by molar-refractivity contribution is 5.34. The molecule has 0 amide bonds. The summed E-state index contributed by atoms with van der Waals surface area (Å²) in [6.07, 6.45) is 1.97. The van der Waals surface area contributed by atoms with Crippen LogP contribution in [0.5, 0.6) is 0 Å². The summed E-state index contributed by atoms with van der Waals surface area (Å²) in [4.78, 5) is 14.4. The Morgan fingerprint density at radius 3 is 2.69 bits per heavy atom. The number of nitrogens with two attached hydrogens (primary N) is 1. The van der Waals surface area contributed by atoms with Crippen molar-refractivity contribution >= 4 is 5.69 Å². The zero-order valence-corrected chi connectivity index (χ0v) is 9.80. The summed E-state index contributed by atoms with van der Waals surface area (Å²) >= 11 is 0. The molecule has 0 aromatic carbocycles. The van der Waals surface area contributed by atoms with Gasteiger partial charge in [-0.2, -0.15) is 0 Å². The van der Waals surface area contributed by atoms with Crippen molar-refractivity contribution < 1.29 is 4.92 Å². The Morgan fingerprint density at radius 1 is 1.56 bits per heavy atom. The van der Waals surface area contributed by atoms with Crippen LogP contribution in [-0.4, -0.2) is 15.9 Å². The molecule has 0 fully saturated rings. The third kappa shape index (κ3) is 3.00. The Morgan fingerprint density at radius 2 is 2.19 bits per heavy atom. The van der Waals surface area contributed by atoms with E-state index >= 15 is 0 Å². The second-order valence-electron chi connectivity index (χ2n) is 4.90. The molecule has 1 rings (SSSR count). The number of nitrogens with zero attached hydrogens (tertiary/aromatic N) is 2. The zero-order valence-electron chi connectivity index (χ0n) is 9.80. The number of pyridine rings is 1. The standard InChI is InChI=1S/C11H17N3O2/c1-11(2,3)10(12)7-8-9(14(15)16)5-4-6-13-8/h4-6,10H,7,12H2,1-3H3. The summed E-state index contributed by atoms with van der Waals surface area (Å²) in [5.74, 6) is 0. The first-order valence-corrected chi connectivity index (χ1v) is 5.16. The maximum Gasteiger partial charge on any atom is 0.290 e. The topological polar surface area (TPSA) is 82.0 Å². The van der Waals surface area contributed by atoms with Gasteiger partial charge in [-0.05, 0) is 11.5 Å². The first kappa shape index (κ1) is 12.6. The van der Waals surface area contributed by atoms with Crippen LogP contribution in [0.25, 0.3) is 0 Å². The molecule has 5 nitrogen and oxygen atoms in total. The highest BCUT2D eigenvalue weighted by Crippen LogP contribution is 2.23. The summed E-state index contributed by atoms with van der Waals surface area (Å²) in [5, 5.41) is 10.8. The third-order valence-corrected chi connectivity index (χ3v) is 2.59. The minimum atomic E-state index is -0.419. The largest absolute Gasteiger partial charge is 0.327 e. The van der Waals surface area contributed by atoms with Crippen molar-refractivity contribution in [1.29, 1.82) is 0 Å². The van der Waals surface area contributed by atoms with E-state index in [9.17, 15) is 10.1 Å². The van der Waals surface area contributed by atoms with Gasteiger partial charge in [0.1, 0.15) is 5.69 Å². The van der Waals surface area contributed by atoms with E-state index in [0.29, 0.717) is 12.1 Å². The molecule has 1 unspecified atom stereocenters. The van der Waals surface area contributed by atoms with Crippen LogP contribution in [0.1, 0.15) is 26.5 Å². The predicted octanol–water partition coefficient (Wildman–Crippen LogP) is 1.91. The molecule has 16 heavy (non-hydrogen) atoms. The van der Waals surface area contributed by atoms with Crippen molar-refractivity contribution in [3.8, 4) is 0 Å². The van der Waals surface area contributed by atoms with Gasteiger partial charge < -0.3 is 5.73 Å². The van der Waals surface area contributed by atoms with E-state index in [1.807, 2.05) is 20.8 Å². The fraction of sp³-hybridized carbons (Fsp3) is 0.545. The van der Waals surface area contributed by atoms with Gasteiger partial charge in [0, 0.05) is 24.7 Å². The van der Waals surface area contributed by atoms with Crippen molar-refractivity contribution in [3.63, 3.8) is 0 Å². The maximum absolute atomic E-state index is 10.8. The maximum atomic E-state index is 10.8. The predicted molar refractivity (Wildman–Crippen MR) is 62.0 cm³/mol. The van der Waals surface area contributed by atoms with Crippen LogP contribution in [0.2, 0.25) is 0 Å². The summed E-state index contributed by atoms with van der Waals surface area (Å²) in [6.45, 7) is 6.02. The Hall–Kier alpha value is -1.49. The van der Waals surface area contributed by atoms with E-state index in [1.165, 1.54) is 6.07 Å². The average molecular weight is 223 g/mol. The minimum Gasteiger partial charge on any atom is -0.327 e. The molecule has 1 aromatic heterocycles. The summed E-state index contributed by atoms with van der Waals surface area (Å²) in [5.41, 5.74) is 6.39.